The van der Waals surface area contributed by atoms with Crippen LogP contribution >= 0.6 is 23.5 Å². The van der Waals surface area contributed by atoms with Crippen LogP contribution < -0.4 is 5.73 Å². The first-order chi connectivity index (χ1) is 8.00. The summed E-state index contributed by atoms with van der Waals surface area (Å²) in [6.07, 6.45) is 0.257. The zero-order valence-corrected chi connectivity index (χ0v) is 12.5. The van der Waals surface area contributed by atoms with Crippen LogP contribution in [0.4, 0.5) is 5.69 Å². The van der Waals surface area contributed by atoms with Crippen LogP contribution in [0.25, 0.3) is 0 Å². The van der Waals surface area contributed by atoms with Crippen molar-refractivity contribution in [3.05, 3.63) is 28.2 Å². The molecule has 4 nitrogen and oxygen atoms in total. The van der Waals surface area contributed by atoms with Crippen LogP contribution in [-0.4, -0.2) is 13.2 Å². The van der Waals surface area contributed by atoms with Crippen molar-refractivity contribution in [1.82, 2.24) is 0 Å². The summed E-state index contributed by atoms with van der Waals surface area (Å²) in [5.74, 6) is 0. The molecular weight excluding hydrogens is 305 g/mol. The number of hydrogen-bond acceptors (Lipinski definition) is 4. The fourth-order valence-electron chi connectivity index (χ4n) is 1.41. The Bertz CT molecular complexity index is 415. The molecule has 0 aliphatic carbocycles. The van der Waals surface area contributed by atoms with Crippen LogP contribution in [0.5, 0.6) is 0 Å². The molecule has 0 amide bonds. The predicted octanol–water partition coefficient (Wildman–Crippen LogP) is 3.80. The largest absolute Gasteiger partial charge is 0.398 e. The molecule has 1 aromatic rings. The van der Waals surface area contributed by atoms with Crippen LogP contribution in [0.3, 0.4) is 0 Å². The third kappa shape index (κ3) is 4.43. The number of halogens is 1. The first kappa shape index (κ1) is 14.7. The van der Waals surface area contributed by atoms with Gasteiger partial charge in [0.15, 0.2) is 0 Å². The van der Waals surface area contributed by atoms with E-state index < -0.39 is 7.60 Å². The summed E-state index contributed by atoms with van der Waals surface area (Å²) in [6.45, 7) is 4.33. The van der Waals surface area contributed by atoms with E-state index in [2.05, 4.69) is 15.9 Å². The maximum atomic E-state index is 12.3. The first-order valence-electron chi connectivity index (χ1n) is 5.42. The maximum absolute atomic E-state index is 12.3. The summed E-state index contributed by atoms with van der Waals surface area (Å²) < 4.78 is 23.5. The number of nitrogens with two attached hydrogens (primary N) is 1. The Morgan fingerprint density at radius 2 is 1.88 bits per heavy atom. The number of nitrogen functional groups attached to an aromatic ring is 1. The highest BCUT2D eigenvalue weighted by Gasteiger charge is 2.24. The molecule has 0 bridgehead atoms. The zero-order chi connectivity index (χ0) is 12.9. The van der Waals surface area contributed by atoms with Gasteiger partial charge in [-0.2, -0.15) is 0 Å². The number of rotatable bonds is 6. The summed E-state index contributed by atoms with van der Waals surface area (Å²) in [6, 6.07) is 5.42. The standard InChI is InChI=1S/C11H17BrNO3P/c1-3-15-17(14,16-4-2)8-9-5-6-11(13)10(12)7-9/h5-7H,3-4,8,13H2,1-2H3. The van der Waals surface area contributed by atoms with Crippen LogP contribution in [0, 0.1) is 0 Å². The fourth-order valence-corrected chi connectivity index (χ4v) is 3.53. The number of anilines is 1. The van der Waals surface area contributed by atoms with E-state index in [1.54, 1.807) is 19.9 Å². The van der Waals surface area contributed by atoms with Gasteiger partial charge in [0.2, 0.25) is 0 Å². The van der Waals surface area contributed by atoms with Gasteiger partial charge in [0, 0.05) is 10.2 Å². The molecule has 0 radical (unpaired) electrons. The van der Waals surface area contributed by atoms with E-state index in [0.717, 1.165) is 10.0 Å². The highest BCUT2D eigenvalue weighted by Crippen LogP contribution is 2.51. The predicted molar refractivity (Wildman–Crippen MR) is 73.1 cm³/mol. The molecule has 0 heterocycles. The summed E-state index contributed by atoms with van der Waals surface area (Å²) >= 11 is 3.34. The molecule has 0 aliphatic rings. The second-order valence-corrected chi connectivity index (χ2v) is 6.37. The van der Waals surface area contributed by atoms with Crippen molar-refractivity contribution >= 4 is 29.2 Å². The van der Waals surface area contributed by atoms with Crippen LogP contribution in [0.1, 0.15) is 19.4 Å². The lowest BCUT2D eigenvalue weighted by Crippen LogP contribution is -1.99. The van der Waals surface area contributed by atoms with E-state index in [-0.39, 0.29) is 6.16 Å². The van der Waals surface area contributed by atoms with Gasteiger partial charge in [0.1, 0.15) is 0 Å². The minimum absolute atomic E-state index is 0.257. The molecule has 6 heteroatoms. The van der Waals surface area contributed by atoms with Crippen molar-refractivity contribution < 1.29 is 13.6 Å². The van der Waals surface area contributed by atoms with Crippen molar-refractivity contribution in [1.29, 1.82) is 0 Å². The van der Waals surface area contributed by atoms with Crippen LogP contribution in [0.15, 0.2) is 22.7 Å². The van der Waals surface area contributed by atoms with Crippen molar-refractivity contribution in [2.24, 2.45) is 0 Å². The van der Waals surface area contributed by atoms with E-state index in [9.17, 15) is 4.57 Å². The lowest BCUT2D eigenvalue weighted by molar-refractivity contribution is 0.219. The monoisotopic (exact) mass is 321 g/mol. The van der Waals surface area contributed by atoms with Crippen molar-refractivity contribution in [3.63, 3.8) is 0 Å². The van der Waals surface area contributed by atoms with Gasteiger partial charge in [0.25, 0.3) is 0 Å². The van der Waals surface area contributed by atoms with E-state index in [0.29, 0.717) is 18.9 Å². The topological polar surface area (TPSA) is 61.5 Å². The van der Waals surface area contributed by atoms with Gasteiger partial charge in [-0.25, -0.2) is 0 Å². The Balaban J connectivity index is 2.86. The van der Waals surface area contributed by atoms with E-state index in [4.69, 9.17) is 14.8 Å². The summed E-state index contributed by atoms with van der Waals surface area (Å²) in [5, 5.41) is 0. The Morgan fingerprint density at radius 1 is 1.29 bits per heavy atom. The molecule has 0 saturated heterocycles. The molecular formula is C11H17BrNO3P. The third-order valence-electron chi connectivity index (χ3n) is 2.09. The average molecular weight is 322 g/mol. The Morgan fingerprint density at radius 3 is 2.35 bits per heavy atom. The van der Waals surface area contributed by atoms with Gasteiger partial charge in [-0.3, -0.25) is 4.57 Å². The second kappa shape index (κ2) is 6.55. The molecule has 2 N–H and O–H groups in total. The number of benzene rings is 1. The van der Waals surface area contributed by atoms with Crippen molar-refractivity contribution in [3.8, 4) is 0 Å². The Labute approximate surface area is 110 Å². The minimum atomic E-state index is -3.04. The normalized spacial score (nSPS) is 11.7. The van der Waals surface area contributed by atoms with E-state index >= 15 is 0 Å². The smallest absolute Gasteiger partial charge is 0.335 e. The van der Waals surface area contributed by atoms with Gasteiger partial charge >= 0.3 is 7.60 Å². The molecule has 0 fully saturated rings. The molecule has 17 heavy (non-hydrogen) atoms. The van der Waals surface area contributed by atoms with E-state index in [1.807, 2.05) is 12.1 Å². The summed E-state index contributed by atoms with van der Waals surface area (Å²) in [7, 11) is -3.04. The summed E-state index contributed by atoms with van der Waals surface area (Å²) in [4.78, 5) is 0. The molecule has 0 atom stereocenters. The Hall–Kier alpha value is -0.350. The minimum Gasteiger partial charge on any atom is -0.398 e. The second-order valence-electron chi connectivity index (χ2n) is 3.46. The highest BCUT2D eigenvalue weighted by molar-refractivity contribution is 9.10. The molecule has 0 aromatic heterocycles. The zero-order valence-electron chi connectivity index (χ0n) is 9.98. The molecule has 1 aromatic carbocycles. The van der Waals surface area contributed by atoms with Gasteiger partial charge in [-0.15, -0.1) is 0 Å². The van der Waals surface area contributed by atoms with Gasteiger partial charge in [-0.05, 0) is 47.5 Å². The maximum Gasteiger partial charge on any atom is 0.335 e. The SMILES string of the molecule is CCOP(=O)(Cc1ccc(N)c(Br)c1)OCC. The quantitative estimate of drug-likeness (QED) is 0.639. The van der Waals surface area contributed by atoms with E-state index in [1.165, 1.54) is 0 Å². The van der Waals surface area contributed by atoms with Crippen molar-refractivity contribution in [2.75, 3.05) is 18.9 Å². The molecule has 96 valence electrons. The van der Waals surface area contributed by atoms with Crippen LogP contribution in [0.2, 0.25) is 0 Å². The molecule has 1 rings (SSSR count). The summed E-state index contributed by atoms with van der Waals surface area (Å²) in [5.41, 5.74) is 7.21. The molecule has 0 unspecified atom stereocenters. The Kier molecular flexibility index (Phi) is 5.67. The van der Waals surface area contributed by atoms with Crippen molar-refractivity contribution in [2.45, 2.75) is 20.0 Å². The number of hydrogen-bond donors (Lipinski definition) is 1. The fraction of sp³-hybridized carbons (Fsp3) is 0.455. The third-order valence-corrected chi connectivity index (χ3v) is 4.84. The molecule has 0 saturated carbocycles. The molecule has 0 aliphatic heterocycles. The average Bonchev–Trinajstić information content (AvgIpc) is 2.24. The first-order valence-corrected chi connectivity index (χ1v) is 7.95. The lowest BCUT2D eigenvalue weighted by atomic mass is 10.2. The van der Waals surface area contributed by atoms with Gasteiger partial charge in [0.05, 0.1) is 19.4 Å². The molecule has 0 spiro atoms. The van der Waals surface area contributed by atoms with Crippen LogP contribution in [-0.2, 0) is 19.8 Å². The van der Waals surface area contributed by atoms with Gasteiger partial charge < -0.3 is 14.8 Å². The van der Waals surface area contributed by atoms with Gasteiger partial charge in [-0.1, -0.05) is 6.07 Å². The highest BCUT2D eigenvalue weighted by atomic mass is 79.9. The lowest BCUT2D eigenvalue weighted by Gasteiger charge is -2.17.